The molecule has 0 aliphatic carbocycles. The number of aromatic nitrogens is 4. The van der Waals surface area contributed by atoms with E-state index in [0.717, 1.165) is 11.4 Å². The average Bonchev–Trinajstić information content (AvgIpc) is 2.78. The van der Waals surface area contributed by atoms with Crippen LogP contribution in [0.15, 0.2) is 24.5 Å². The Kier molecular flexibility index (Phi) is 4.06. The van der Waals surface area contributed by atoms with Gasteiger partial charge in [0.15, 0.2) is 10.6 Å². The Morgan fingerprint density at radius 2 is 2.11 bits per heavy atom. The van der Waals surface area contributed by atoms with E-state index in [2.05, 4.69) is 15.2 Å². The maximum atomic E-state index is 11.6. The van der Waals surface area contributed by atoms with Crippen molar-refractivity contribution >= 4 is 18.1 Å². The van der Waals surface area contributed by atoms with Crippen LogP contribution in [0, 0.1) is 4.77 Å². The van der Waals surface area contributed by atoms with Crippen LogP contribution in [0.3, 0.4) is 0 Å². The summed E-state index contributed by atoms with van der Waals surface area (Å²) in [6.07, 6.45) is 3.78. The number of carbonyl (C=O) groups excluding carboxylic acids is 1. The minimum absolute atomic E-state index is 0.0591. The van der Waals surface area contributed by atoms with Crippen LogP contribution in [-0.2, 0) is 11.3 Å². The maximum absolute atomic E-state index is 11.6. The Hall–Kier alpha value is -2.02. The third-order valence-electron chi connectivity index (χ3n) is 2.74. The van der Waals surface area contributed by atoms with Gasteiger partial charge in [0.1, 0.15) is 0 Å². The van der Waals surface area contributed by atoms with Gasteiger partial charge in [0.2, 0.25) is 5.91 Å². The number of H-pyrrole nitrogens is 1. The van der Waals surface area contributed by atoms with E-state index in [1.807, 2.05) is 16.7 Å². The van der Waals surface area contributed by atoms with E-state index >= 15 is 0 Å². The van der Waals surface area contributed by atoms with Crippen molar-refractivity contribution in [2.45, 2.75) is 13.0 Å². The molecule has 19 heavy (non-hydrogen) atoms. The van der Waals surface area contributed by atoms with Gasteiger partial charge in [0.25, 0.3) is 0 Å². The molecule has 100 valence electrons. The van der Waals surface area contributed by atoms with Crippen molar-refractivity contribution in [3.63, 3.8) is 0 Å². The highest BCUT2D eigenvalue weighted by Crippen LogP contribution is 2.16. The first-order valence-corrected chi connectivity index (χ1v) is 6.26. The number of nitrogens with one attached hydrogen (secondary N) is 1. The van der Waals surface area contributed by atoms with Crippen molar-refractivity contribution in [3.8, 4) is 11.4 Å². The summed E-state index contributed by atoms with van der Waals surface area (Å²) in [6, 6.07) is 3.71. The molecule has 7 heteroatoms. The Morgan fingerprint density at radius 1 is 1.42 bits per heavy atom. The molecule has 2 rings (SSSR count). The second-order valence-corrected chi connectivity index (χ2v) is 4.66. The summed E-state index contributed by atoms with van der Waals surface area (Å²) in [4.78, 5) is 17.2. The standard InChI is InChI=1S/C12H15N5OS/c1-16(2)10(18)5-8-17-11(14-15-12(17)19)9-3-6-13-7-4-9/h3-4,6-7H,5,8H2,1-2H3,(H,15,19). The van der Waals surface area contributed by atoms with Gasteiger partial charge in [-0.2, -0.15) is 5.10 Å². The van der Waals surface area contributed by atoms with Gasteiger partial charge in [-0.3, -0.25) is 19.4 Å². The summed E-state index contributed by atoms with van der Waals surface area (Å²) in [6.45, 7) is 0.504. The number of amides is 1. The first kappa shape index (κ1) is 13.4. The number of hydrogen-bond donors (Lipinski definition) is 1. The Morgan fingerprint density at radius 3 is 2.74 bits per heavy atom. The maximum Gasteiger partial charge on any atom is 0.223 e. The van der Waals surface area contributed by atoms with E-state index in [4.69, 9.17) is 12.2 Å². The van der Waals surface area contributed by atoms with Gasteiger partial charge < -0.3 is 4.90 Å². The van der Waals surface area contributed by atoms with E-state index in [1.165, 1.54) is 0 Å². The Labute approximate surface area is 116 Å². The normalized spacial score (nSPS) is 10.4. The van der Waals surface area contributed by atoms with Gasteiger partial charge in [0, 0.05) is 45.0 Å². The zero-order valence-electron chi connectivity index (χ0n) is 10.8. The third kappa shape index (κ3) is 3.05. The molecule has 0 fully saturated rings. The minimum atomic E-state index is 0.0591. The first-order valence-electron chi connectivity index (χ1n) is 5.85. The first-order chi connectivity index (χ1) is 9.09. The fraction of sp³-hybridized carbons (Fsp3) is 0.333. The molecular weight excluding hydrogens is 262 g/mol. The second-order valence-electron chi connectivity index (χ2n) is 4.28. The summed E-state index contributed by atoms with van der Waals surface area (Å²) < 4.78 is 2.34. The zero-order chi connectivity index (χ0) is 13.8. The molecular formula is C12H15N5OS. The fourth-order valence-electron chi connectivity index (χ4n) is 1.68. The molecule has 0 bridgehead atoms. The van der Waals surface area contributed by atoms with E-state index in [9.17, 15) is 4.79 Å². The van der Waals surface area contributed by atoms with Crippen LogP contribution < -0.4 is 0 Å². The highest BCUT2D eigenvalue weighted by molar-refractivity contribution is 7.71. The molecule has 0 saturated carbocycles. The Balaban J connectivity index is 2.24. The summed E-state index contributed by atoms with van der Waals surface area (Å²) in [7, 11) is 3.47. The van der Waals surface area contributed by atoms with Crippen molar-refractivity contribution in [2.75, 3.05) is 14.1 Å². The minimum Gasteiger partial charge on any atom is -0.349 e. The summed E-state index contributed by atoms with van der Waals surface area (Å²) in [5.41, 5.74) is 0.916. The molecule has 6 nitrogen and oxygen atoms in total. The van der Waals surface area contributed by atoms with Gasteiger partial charge in [-0.15, -0.1) is 0 Å². The third-order valence-corrected chi connectivity index (χ3v) is 3.06. The zero-order valence-corrected chi connectivity index (χ0v) is 11.6. The Bertz CT molecular complexity index is 617. The lowest BCUT2D eigenvalue weighted by Gasteiger charge is -2.11. The molecule has 0 spiro atoms. The lowest BCUT2D eigenvalue weighted by Crippen LogP contribution is -2.23. The summed E-state index contributed by atoms with van der Waals surface area (Å²) in [5.74, 6) is 0.780. The number of hydrogen-bond acceptors (Lipinski definition) is 4. The lowest BCUT2D eigenvalue weighted by atomic mass is 10.2. The van der Waals surface area contributed by atoms with E-state index in [0.29, 0.717) is 17.7 Å². The van der Waals surface area contributed by atoms with E-state index < -0.39 is 0 Å². The van der Waals surface area contributed by atoms with Crippen LogP contribution >= 0.6 is 12.2 Å². The second kappa shape index (κ2) is 5.75. The van der Waals surface area contributed by atoms with Crippen molar-refractivity contribution < 1.29 is 4.79 Å². The number of nitrogens with zero attached hydrogens (tertiary/aromatic N) is 4. The van der Waals surface area contributed by atoms with Gasteiger partial charge in [-0.1, -0.05) is 0 Å². The highest BCUT2D eigenvalue weighted by Gasteiger charge is 2.11. The molecule has 0 atom stereocenters. The van der Waals surface area contributed by atoms with Crippen LogP contribution in [0.2, 0.25) is 0 Å². The van der Waals surface area contributed by atoms with Crippen molar-refractivity contribution in [1.29, 1.82) is 0 Å². The molecule has 2 aromatic heterocycles. The van der Waals surface area contributed by atoms with Crippen LogP contribution in [-0.4, -0.2) is 44.7 Å². The predicted molar refractivity (Wildman–Crippen MR) is 74.0 cm³/mol. The molecule has 0 radical (unpaired) electrons. The van der Waals surface area contributed by atoms with Crippen LogP contribution in [0.1, 0.15) is 6.42 Å². The lowest BCUT2D eigenvalue weighted by molar-refractivity contribution is -0.128. The number of pyridine rings is 1. The van der Waals surface area contributed by atoms with E-state index in [-0.39, 0.29) is 5.91 Å². The quantitative estimate of drug-likeness (QED) is 0.860. The predicted octanol–water partition coefficient (Wildman–Crippen LogP) is 1.48. The molecule has 0 aliphatic rings. The topological polar surface area (TPSA) is 66.8 Å². The molecule has 1 amide bonds. The van der Waals surface area contributed by atoms with Gasteiger partial charge >= 0.3 is 0 Å². The molecule has 0 unspecified atom stereocenters. The van der Waals surface area contributed by atoms with Gasteiger partial charge in [0.05, 0.1) is 0 Å². The number of rotatable bonds is 4. The molecule has 0 aromatic carbocycles. The van der Waals surface area contributed by atoms with Crippen LogP contribution in [0.25, 0.3) is 11.4 Å². The van der Waals surface area contributed by atoms with Gasteiger partial charge in [-0.05, 0) is 24.4 Å². The highest BCUT2D eigenvalue weighted by atomic mass is 32.1. The molecule has 2 aromatic rings. The summed E-state index contributed by atoms with van der Waals surface area (Å²) >= 11 is 5.19. The number of carbonyl (C=O) groups is 1. The van der Waals surface area contributed by atoms with Gasteiger partial charge in [-0.25, -0.2) is 0 Å². The smallest absolute Gasteiger partial charge is 0.223 e. The van der Waals surface area contributed by atoms with Crippen molar-refractivity contribution in [2.24, 2.45) is 0 Å². The molecule has 2 heterocycles. The van der Waals surface area contributed by atoms with Crippen molar-refractivity contribution in [3.05, 3.63) is 29.3 Å². The average molecular weight is 277 g/mol. The molecule has 1 N–H and O–H groups in total. The largest absolute Gasteiger partial charge is 0.349 e. The molecule has 0 aliphatic heterocycles. The molecule has 0 saturated heterocycles. The summed E-state index contributed by atoms with van der Waals surface area (Å²) in [5, 5.41) is 6.96. The monoisotopic (exact) mass is 277 g/mol. The SMILES string of the molecule is CN(C)C(=O)CCn1c(-c2ccncc2)n[nH]c1=S. The number of aromatic amines is 1. The van der Waals surface area contributed by atoms with Crippen LogP contribution in [0.5, 0.6) is 0 Å². The van der Waals surface area contributed by atoms with Crippen molar-refractivity contribution in [1.82, 2.24) is 24.6 Å². The van der Waals surface area contributed by atoms with Crippen LogP contribution in [0.4, 0.5) is 0 Å². The van der Waals surface area contributed by atoms with E-state index in [1.54, 1.807) is 31.4 Å². The fourth-order valence-corrected chi connectivity index (χ4v) is 1.90.